The molecule has 0 amide bonds. The van der Waals surface area contributed by atoms with Gasteiger partial charge in [-0.05, 0) is 17.5 Å². The van der Waals surface area contributed by atoms with Crippen molar-refractivity contribution in [3.8, 4) is 0 Å². The second kappa shape index (κ2) is 3.15. The van der Waals surface area contributed by atoms with Crippen molar-refractivity contribution in [3.05, 3.63) is 28.1 Å². The zero-order valence-corrected chi connectivity index (χ0v) is 8.52. The number of aromatic carboxylic acids is 1. The Balaban J connectivity index is 2.88. The number of fused-ring (bicyclic) bond motifs is 1. The second-order valence-electron chi connectivity index (χ2n) is 2.80. The minimum absolute atomic E-state index is 0.0510. The Morgan fingerprint density at radius 3 is 2.93 bits per heavy atom. The topological polar surface area (TPSA) is 63.3 Å². The fraction of sp³-hybridized carbons (Fsp3) is 0. The molecule has 72 valence electrons. The first-order valence-electron chi connectivity index (χ1n) is 3.79. The van der Waals surface area contributed by atoms with Gasteiger partial charge in [-0.25, -0.2) is 4.79 Å². The SMILES string of the molecule is Nc1cc(C(=O)O)c(Cl)c2ccsc12. The molecule has 0 unspecified atom stereocenters. The molecule has 3 N–H and O–H groups in total. The van der Waals surface area contributed by atoms with Crippen LogP contribution in [0.4, 0.5) is 5.69 Å². The van der Waals surface area contributed by atoms with Crippen molar-refractivity contribution in [1.29, 1.82) is 0 Å². The van der Waals surface area contributed by atoms with Crippen LogP contribution in [0, 0.1) is 0 Å². The highest BCUT2D eigenvalue weighted by Gasteiger charge is 2.14. The molecule has 0 radical (unpaired) electrons. The highest BCUT2D eigenvalue weighted by Crippen LogP contribution is 2.35. The average Bonchev–Trinajstić information content (AvgIpc) is 2.59. The first-order chi connectivity index (χ1) is 6.61. The zero-order valence-electron chi connectivity index (χ0n) is 6.95. The van der Waals surface area contributed by atoms with Crippen LogP contribution >= 0.6 is 22.9 Å². The molecule has 0 saturated heterocycles. The molecule has 0 saturated carbocycles. The molecule has 2 rings (SSSR count). The molecule has 5 heteroatoms. The molecule has 14 heavy (non-hydrogen) atoms. The summed E-state index contributed by atoms with van der Waals surface area (Å²) in [6, 6.07) is 3.16. The first kappa shape index (κ1) is 9.30. The van der Waals surface area contributed by atoms with E-state index in [0.29, 0.717) is 11.1 Å². The van der Waals surface area contributed by atoms with E-state index in [-0.39, 0.29) is 10.6 Å². The predicted molar refractivity (Wildman–Crippen MR) is 58.2 cm³/mol. The summed E-state index contributed by atoms with van der Waals surface area (Å²) in [5.41, 5.74) is 6.20. The van der Waals surface area contributed by atoms with E-state index in [2.05, 4.69) is 0 Å². The van der Waals surface area contributed by atoms with Crippen molar-refractivity contribution in [2.45, 2.75) is 0 Å². The van der Waals surface area contributed by atoms with Crippen LogP contribution < -0.4 is 5.73 Å². The van der Waals surface area contributed by atoms with Crippen LogP contribution in [0.25, 0.3) is 10.1 Å². The van der Waals surface area contributed by atoms with E-state index in [1.54, 1.807) is 6.07 Å². The van der Waals surface area contributed by atoms with E-state index < -0.39 is 5.97 Å². The van der Waals surface area contributed by atoms with Crippen LogP contribution in [0.15, 0.2) is 17.5 Å². The van der Waals surface area contributed by atoms with Gasteiger partial charge in [0.15, 0.2) is 0 Å². The summed E-state index contributed by atoms with van der Waals surface area (Å²) in [5, 5.41) is 11.6. The number of nitrogen functional groups attached to an aromatic ring is 1. The number of thiophene rings is 1. The quantitative estimate of drug-likeness (QED) is 0.737. The molecule has 0 spiro atoms. The minimum Gasteiger partial charge on any atom is -0.478 e. The molecule has 0 aliphatic rings. The molecule has 1 aromatic carbocycles. The summed E-state index contributed by atoms with van der Waals surface area (Å²) in [5.74, 6) is -1.06. The number of benzene rings is 1. The lowest BCUT2D eigenvalue weighted by atomic mass is 10.1. The number of nitrogens with two attached hydrogens (primary N) is 1. The molecule has 0 aliphatic carbocycles. The van der Waals surface area contributed by atoms with E-state index in [1.165, 1.54) is 17.4 Å². The number of carboxylic acids is 1. The lowest BCUT2D eigenvalue weighted by Crippen LogP contribution is -1.99. The fourth-order valence-electron chi connectivity index (χ4n) is 1.29. The maximum atomic E-state index is 10.8. The lowest BCUT2D eigenvalue weighted by Gasteiger charge is -2.03. The molecular formula is C9H6ClNO2S. The van der Waals surface area contributed by atoms with Crippen LogP contribution in [0.3, 0.4) is 0 Å². The summed E-state index contributed by atoms with van der Waals surface area (Å²) < 4.78 is 0.833. The normalized spacial score (nSPS) is 10.6. The van der Waals surface area contributed by atoms with Gasteiger partial charge in [0, 0.05) is 5.39 Å². The second-order valence-corrected chi connectivity index (χ2v) is 4.09. The number of hydrogen-bond donors (Lipinski definition) is 2. The standard InChI is InChI=1S/C9H6ClNO2S/c10-7-4-1-2-14-8(4)6(11)3-5(7)9(12)13/h1-3H,11H2,(H,12,13). The molecule has 2 aromatic rings. The van der Waals surface area contributed by atoms with Gasteiger partial charge in [0.05, 0.1) is 21.0 Å². The highest BCUT2D eigenvalue weighted by molar-refractivity contribution is 7.18. The van der Waals surface area contributed by atoms with E-state index >= 15 is 0 Å². The maximum absolute atomic E-state index is 10.8. The molecule has 0 bridgehead atoms. The number of carbonyl (C=O) groups is 1. The third kappa shape index (κ3) is 1.23. The number of halogens is 1. The Labute approximate surface area is 88.7 Å². The monoisotopic (exact) mass is 227 g/mol. The van der Waals surface area contributed by atoms with Crippen molar-refractivity contribution in [2.24, 2.45) is 0 Å². The van der Waals surface area contributed by atoms with Crippen molar-refractivity contribution < 1.29 is 9.90 Å². The smallest absolute Gasteiger partial charge is 0.337 e. The van der Waals surface area contributed by atoms with Gasteiger partial charge < -0.3 is 10.8 Å². The van der Waals surface area contributed by atoms with Gasteiger partial charge in [-0.3, -0.25) is 0 Å². The van der Waals surface area contributed by atoms with Crippen LogP contribution in [0.2, 0.25) is 5.02 Å². The number of hydrogen-bond acceptors (Lipinski definition) is 3. The Morgan fingerprint density at radius 1 is 1.57 bits per heavy atom. The summed E-state index contributed by atoms with van der Waals surface area (Å²) in [6.07, 6.45) is 0. The van der Waals surface area contributed by atoms with Crippen molar-refractivity contribution in [3.63, 3.8) is 0 Å². The predicted octanol–water partition coefficient (Wildman–Crippen LogP) is 2.84. The minimum atomic E-state index is -1.06. The largest absolute Gasteiger partial charge is 0.478 e. The van der Waals surface area contributed by atoms with Gasteiger partial charge in [-0.15, -0.1) is 11.3 Å². The molecule has 3 nitrogen and oxygen atoms in total. The van der Waals surface area contributed by atoms with Crippen molar-refractivity contribution in [2.75, 3.05) is 5.73 Å². The Morgan fingerprint density at radius 2 is 2.29 bits per heavy atom. The van der Waals surface area contributed by atoms with E-state index in [9.17, 15) is 4.79 Å². The summed E-state index contributed by atoms with van der Waals surface area (Å²) in [6.45, 7) is 0. The summed E-state index contributed by atoms with van der Waals surface area (Å²) in [7, 11) is 0. The third-order valence-corrected chi connectivity index (χ3v) is 3.30. The van der Waals surface area contributed by atoms with Crippen LogP contribution in [-0.4, -0.2) is 11.1 Å². The molecular weight excluding hydrogens is 222 g/mol. The Hall–Kier alpha value is -1.26. The van der Waals surface area contributed by atoms with E-state index in [4.69, 9.17) is 22.4 Å². The van der Waals surface area contributed by atoms with E-state index in [1.807, 2.05) is 5.38 Å². The molecule has 0 aliphatic heterocycles. The number of carboxylic acid groups (broad SMARTS) is 1. The van der Waals surface area contributed by atoms with Crippen LogP contribution in [-0.2, 0) is 0 Å². The number of anilines is 1. The Bertz CT molecular complexity index is 521. The highest BCUT2D eigenvalue weighted by atomic mass is 35.5. The van der Waals surface area contributed by atoms with Crippen LogP contribution in [0.5, 0.6) is 0 Å². The zero-order chi connectivity index (χ0) is 10.3. The molecule has 1 aromatic heterocycles. The maximum Gasteiger partial charge on any atom is 0.337 e. The third-order valence-electron chi connectivity index (χ3n) is 1.93. The first-order valence-corrected chi connectivity index (χ1v) is 5.05. The molecule has 0 atom stereocenters. The number of rotatable bonds is 1. The van der Waals surface area contributed by atoms with Crippen molar-refractivity contribution >= 4 is 44.7 Å². The molecule has 0 fully saturated rings. The fourth-order valence-corrected chi connectivity index (χ4v) is 2.47. The Kier molecular flexibility index (Phi) is 2.09. The lowest BCUT2D eigenvalue weighted by molar-refractivity contribution is 0.0697. The average molecular weight is 228 g/mol. The van der Waals surface area contributed by atoms with Gasteiger partial charge in [-0.1, -0.05) is 11.6 Å². The van der Waals surface area contributed by atoms with Gasteiger partial charge in [0.2, 0.25) is 0 Å². The van der Waals surface area contributed by atoms with Gasteiger partial charge >= 0.3 is 5.97 Å². The summed E-state index contributed by atoms with van der Waals surface area (Å²) in [4.78, 5) is 10.8. The summed E-state index contributed by atoms with van der Waals surface area (Å²) >= 11 is 7.37. The van der Waals surface area contributed by atoms with Gasteiger partial charge in [-0.2, -0.15) is 0 Å². The van der Waals surface area contributed by atoms with Crippen LogP contribution in [0.1, 0.15) is 10.4 Å². The van der Waals surface area contributed by atoms with Gasteiger partial charge in [0.1, 0.15) is 0 Å². The van der Waals surface area contributed by atoms with E-state index in [0.717, 1.165) is 4.70 Å². The molecule has 1 heterocycles. The van der Waals surface area contributed by atoms with Crippen molar-refractivity contribution in [1.82, 2.24) is 0 Å². The van der Waals surface area contributed by atoms with Gasteiger partial charge in [0.25, 0.3) is 0 Å².